The molecule has 0 bridgehead atoms. The Bertz CT molecular complexity index is 870. The molecule has 10 heteroatoms. The van der Waals surface area contributed by atoms with E-state index >= 15 is 0 Å². The van der Waals surface area contributed by atoms with Crippen LogP contribution < -0.4 is 4.90 Å². The van der Waals surface area contributed by atoms with Gasteiger partial charge in [-0.2, -0.15) is 0 Å². The number of alkyl halides is 2. The quantitative estimate of drug-likeness (QED) is 0.655. The molecule has 4 rings (SSSR count). The number of hydrogen-bond acceptors (Lipinski definition) is 7. The summed E-state index contributed by atoms with van der Waals surface area (Å²) in [5.74, 6) is -2.32. The van der Waals surface area contributed by atoms with Crippen molar-refractivity contribution in [2.75, 3.05) is 18.0 Å². The molecular weight excluding hydrogens is 360 g/mol. The Labute approximate surface area is 144 Å². The van der Waals surface area contributed by atoms with Gasteiger partial charge in [0.15, 0.2) is 5.13 Å². The van der Waals surface area contributed by atoms with Crippen molar-refractivity contribution >= 4 is 28.1 Å². The molecule has 1 aliphatic rings. The molecule has 0 radical (unpaired) electrons. The van der Waals surface area contributed by atoms with Crippen molar-refractivity contribution in [1.29, 1.82) is 0 Å². The van der Waals surface area contributed by atoms with Crippen LogP contribution in [0.4, 0.5) is 13.9 Å². The van der Waals surface area contributed by atoms with Crippen molar-refractivity contribution in [1.82, 2.24) is 19.9 Å². The Hall–Kier alpha value is -2.13. The molecular formula is C14H10ClF2N5OS. The van der Waals surface area contributed by atoms with Gasteiger partial charge < -0.3 is 9.32 Å². The first kappa shape index (κ1) is 15.4. The molecule has 0 unspecified atom stereocenters. The van der Waals surface area contributed by atoms with Gasteiger partial charge in [-0.05, 0) is 11.6 Å². The zero-order chi connectivity index (χ0) is 16.7. The topological polar surface area (TPSA) is 67.9 Å². The Balaban J connectivity index is 1.71. The van der Waals surface area contributed by atoms with Crippen LogP contribution >= 0.6 is 22.9 Å². The SMILES string of the molecule is FC1(F)CCN(c2ncc(-c3nc(Cl)ncc3-c3ncco3)s2)C1. The number of hydrogen-bond donors (Lipinski definition) is 0. The third-order valence-corrected chi connectivity index (χ3v) is 4.84. The minimum atomic E-state index is -2.67. The molecule has 4 heterocycles. The number of halogens is 3. The zero-order valence-corrected chi connectivity index (χ0v) is 13.7. The van der Waals surface area contributed by atoms with Gasteiger partial charge >= 0.3 is 0 Å². The van der Waals surface area contributed by atoms with Gasteiger partial charge in [-0.1, -0.05) is 11.3 Å². The highest BCUT2D eigenvalue weighted by atomic mass is 35.5. The van der Waals surface area contributed by atoms with Crippen LogP contribution in [0.3, 0.4) is 0 Å². The predicted octanol–water partition coefficient (Wildman–Crippen LogP) is 3.75. The van der Waals surface area contributed by atoms with E-state index < -0.39 is 5.92 Å². The van der Waals surface area contributed by atoms with Gasteiger partial charge in [0, 0.05) is 25.4 Å². The van der Waals surface area contributed by atoms with E-state index in [0.717, 1.165) is 0 Å². The first-order valence-electron chi connectivity index (χ1n) is 7.03. The molecule has 0 atom stereocenters. The maximum absolute atomic E-state index is 13.4. The van der Waals surface area contributed by atoms with E-state index in [2.05, 4.69) is 19.9 Å². The van der Waals surface area contributed by atoms with Crippen LogP contribution in [0.2, 0.25) is 5.28 Å². The highest BCUT2D eigenvalue weighted by Gasteiger charge is 2.39. The summed E-state index contributed by atoms with van der Waals surface area (Å²) < 4.78 is 32.1. The van der Waals surface area contributed by atoms with Crippen molar-refractivity contribution < 1.29 is 13.2 Å². The molecule has 1 fully saturated rings. The predicted molar refractivity (Wildman–Crippen MR) is 85.4 cm³/mol. The summed E-state index contributed by atoms with van der Waals surface area (Å²) in [7, 11) is 0. The summed E-state index contributed by atoms with van der Waals surface area (Å²) in [4.78, 5) is 18.8. The van der Waals surface area contributed by atoms with E-state index in [1.165, 1.54) is 30.0 Å². The molecule has 6 nitrogen and oxygen atoms in total. The maximum atomic E-state index is 13.4. The third kappa shape index (κ3) is 2.84. The first-order valence-corrected chi connectivity index (χ1v) is 8.23. The summed E-state index contributed by atoms with van der Waals surface area (Å²) in [6.45, 7) is -0.0475. The number of oxazole rings is 1. The summed E-state index contributed by atoms with van der Waals surface area (Å²) in [6.07, 6.45) is 5.89. The van der Waals surface area contributed by atoms with Crippen molar-refractivity contribution in [2.24, 2.45) is 0 Å². The molecule has 0 amide bonds. The monoisotopic (exact) mass is 369 g/mol. The standard InChI is InChI=1S/C14H10ClF2N5OS/c15-12-19-5-8(11-18-2-4-23-11)10(21-12)9-6-20-13(24-9)22-3-1-14(16,17)7-22/h2,4-6H,1,3,7H2. The zero-order valence-electron chi connectivity index (χ0n) is 12.1. The van der Waals surface area contributed by atoms with Crippen LogP contribution in [-0.4, -0.2) is 38.9 Å². The van der Waals surface area contributed by atoms with Crippen molar-refractivity contribution in [3.8, 4) is 22.0 Å². The molecule has 0 N–H and O–H groups in total. The minimum Gasteiger partial charge on any atom is -0.444 e. The number of nitrogens with zero attached hydrogens (tertiary/aromatic N) is 5. The van der Waals surface area contributed by atoms with Crippen LogP contribution in [0.15, 0.2) is 29.3 Å². The summed E-state index contributed by atoms with van der Waals surface area (Å²) in [5, 5.41) is 0.596. The third-order valence-electron chi connectivity index (χ3n) is 3.59. The summed E-state index contributed by atoms with van der Waals surface area (Å²) >= 11 is 7.17. The fraction of sp³-hybridized carbons (Fsp3) is 0.286. The second-order valence-corrected chi connectivity index (χ2v) is 6.62. The van der Waals surface area contributed by atoms with Crippen molar-refractivity contribution in [3.05, 3.63) is 30.1 Å². The molecule has 1 saturated heterocycles. The van der Waals surface area contributed by atoms with E-state index in [0.29, 0.717) is 27.2 Å². The molecule has 0 aromatic carbocycles. The van der Waals surface area contributed by atoms with Crippen LogP contribution in [0, 0.1) is 0 Å². The van der Waals surface area contributed by atoms with E-state index in [4.69, 9.17) is 16.0 Å². The lowest BCUT2D eigenvalue weighted by Crippen LogP contribution is -2.24. The van der Waals surface area contributed by atoms with E-state index in [1.54, 1.807) is 11.1 Å². The van der Waals surface area contributed by atoms with Gasteiger partial charge in [0.1, 0.15) is 6.26 Å². The normalized spacial score (nSPS) is 16.7. The van der Waals surface area contributed by atoms with Crippen LogP contribution in [0.25, 0.3) is 22.0 Å². The molecule has 124 valence electrons. The fourth-order valence-electron chi connectivity index (χ4n) is 2.48. The van der Waals surface area contributed by atoms with Gasteiger partial charge in [0.25, 0.3) is 5.92 Å². The lowest BCUT2D eigenvalue weighted by atomic mass is 10.2. The van der Waals surface area contributed by atoms with Crippen LogP contribution in [0.5, 0.6) is 0 Å². The maximum Gasteiger partial charge on any atom is 0.267 e. The molecule has 3 aromatic heterocycles. The lowest BCUT2D eigenvalue weighted by molar-refractivity contribution is 0.0257. The van der Waals surface area contributed by atoms with Crippen LogP contribution in [0.1, 0.15) is 6.42 Å². The minimum absolute atomic E-state index is 0.0722. The molecule has 3 aromatic rings. The number of rotatable bonds is 3. The fourth-order valence-corrected chi connectivity index (χ4v) is 3.56. The lowest BCUT2D eigenvalue weighted by Gasteiger charge is -2.13. The van der Waals surface area contributed by atoms with Crippen molar-refractivity contribution in [2.45, 2.75) is 12.3 Å². The summed E-state index contributed by atoms with van der Waals surface area (Å²) in [5.41, 5.74) is 1.07. The van der Waals surface area contributed by atoms with Gasteiger partial charge in [0.05, 0.1) is 28.9 Å². The average molecular weight is 370 g/mol. The van der Waals surface area contributed by atoms with Gasteiger partial charge in [-0.25, -0.2) is 28.7 Å². The van der Waals surface area contributed by atoms with E-state index in [-0.39, 0.29) is 24.8 Å². The molecule has 1 aliphatic heterocycles. The second kappa shape index (κ2) is 5.75. The highest BCUT2D eigenvalue weighted by molar-refractivity contribution is 7.18. The largest absolute Gasteiger partial charge is 0.444 e. The van der Waals surface area contributed by atoms with E-state index in [1.807, 2.05) is 0 Å². The number of anilines is 1. The molecule has 0 spiro atoms. The van der Waals surface area contributed by atoms with Gasteiger partial charge in [-0.15, -0.1) is 0 Å². The molecule has 0 aliphatic carbocycles. The number of aromatic nitrogens is 4. The number of thiazole rings is 1. The van der Waals surface area contributed by atoms with Gasteiger partial charge in [-0.3, -0.25) is 0 Å². The summed E-state index contributed by atoms with van der Waals surface area (Å²) in [6, 6.07) is 0. The smallest absolute Gasteiger partial charge is 0.267 e. The Morgan fingerprint density at radius 3 is 2.83 bits per heavy atom. The van der Waals surface area contributed by atoms with Crippen molar-refractivity contribution in [3.63, 3.8) is 0 Å². The highest BCUT2D eigenvalue weighted by Crippen LogP contribution is 2.38. The van der Waals surface area contributed by atoms with Gasteiger partial charge in [0.2, 0.25) is 11.2 Å². The average Bonchev–Trinajstić information content (AvgIpc) is 3.26. The second-order valence-electron chi connectivity index (χ2n) is 5.27. The Morgan fingerprint density at radius 1 is 1.25 bits per heavy atom. The Morgan fingerprint density at radius 2 is 2.12 bits per heavy atom. The van der Waals surface area contributed by atoms with Crippen LogP contribution in [-0.2, 0) is 0 Å². The Kier molecular flexibility index (Phi) is 3.69. The van der Waals surface area contributed by atoms with E-state index in [9.17, 15) is 8.78 Å². The molecule has 24 heavy (non-hydrogen) atoms. The first-order chi connectivity index (χ1) is 11.5. The molecule has 0 saturated carbocycles.